The fraction of sp³-hybridized carbons (Fsp3) is 0.0769. The van der Waals surface area contributed by atoms with E-state index in [4.69, 9.17) is 4.99 Å². The minimum Gasteiger partial charge on any atom is -0.253 e. The molecular weight excluding hydrogens is 396 g/mol. The Balaban J connectivity index is 1.27. The van der Waals surface area contributed by atoms with Gasteiger partial charge < -0.3 is 0 Å². The van der Waals surface area contributed by atoms with Gasteiger partial charge in [-0.3, -0.25) is 4.99 Å². The summed E-state index contributed by atoms with van der Waals surface area (Å²) in [5, 5.41) is 13.1. The number of hydrogen-bond acceptors (Lipinski definition) is 4. The number of aliphatic imine (C=N–C) groups is 1. The van der Waals surface area contributed by atoms with Crippen LogP contribution in [-0.2, 0) is 6.42 Å². The van der Waals surface area contributed by atoms with Crippen LogP contribution in [0.25, 0.3) is 28.5 Å². The Morgan fingerprint density at radius 1 is 0.844 bits per heavy atom. The van der Waals surface area contributed by atoms with E-state index < -0.39 is 0 Å². The van der Waals surface area contributed by atoms with Crippen molar-refractivity contribution in [1.82, 2.24) is 24.8 Å². The SMILES string of the molecule is Cc1c(/C=C/C2=Nc3cc(-n4nnc5ccccc54)ccc3C2)cnn1-c1ccccc1. The van der Waals surface area contributed by atoms with Gasteiger partial charge in [-0.25, -0.2) is 9.36 Å². The summed E-state index contributed by atoms with van der Waals surface area (Å²) < 4.78 is 3.82. The Morgan fingerprint density at radius 2 is 1.69 bits per heavy atom. The molecule has 0 N–H and O–H groups in total. The van der Waals surface area contributed by atoms with Gasteiger partial charge >= 0.3 is 0 Å². The fourth-order valence-corrected chi connectivity index (χ4v) is 4.08. The van der Waals surface area contributed by atoms with Crippen LogP contribution in [-0.4, -0.2) is 30.5 Å². The van der Waals surface area contributed by atoms with Gasteiger partial charge in [-0.05, 0) is 61.0 Å². The Bertz CT molecular complexity index is 1500. The van der Waals surface area contributed by atoms with Crippen molar-refractivity contribution in [3.05, 3.63) is 102 Å². The lowest BCUT2D eigenvalue weighted by molar-refractivity contribution is 0.824. The van der Waals surface area contributed by atoms with Crippen LogP contribution in [0.3, 0.4) is 0 Å². The molecule has 0 radical (unpaired) electrons. The maximum atomic E-state index is 4.85. The number of allylic oxidation sites excluding steroid dienone is 1. The summed E-state index contributed by atoms with van der Waals surface area (Å²) in [6.07, 6.45) is 6.90. The molecule has 3 aromatic carbocycles. The van der Waals surface area contributed by atoms with Gasteiger partial charge in [0.1, 0.15) is 5.52 Å². The first kappa shape index (κ1) is 18.4. The highest BCUT2D eigenvalue weighted by molar-refractivity contribution is 6.04. The first-order valence-corrected chi connectivity index (χ1v) is 10.6. The van der Waals surface area contributed by atoms with Crippen molar-refractivity contribution in [2.75, 3.05) is 0 Å². The second kappa shape index (κ2) is 7.42. The highest BCUT2D eigenvalue weighted by atomic mass is 15.4. The van der Waals surface area contributed by atoms with Crippen molar-refractivity contribution in [3.63, 3.8) is 0 Å². The standard InChI is InChI=1S/C26H20N6/c1-18-20(17-27-31(18)22-7-3-2-4-8-22)11-13-21-15-19-12-14-23(16-25(19)28-21)32-26-10-6-5-9-24(26)29-30-32/h2-14,16-17H,15H2,1H3/b13-11+. The third kappa shape index (κ3) is 3.13. The van der Waals surface area contributed by atoms with Crippen LogP contribution in [0.1, 0.15) is 16.8 Å². The van der Waals surface area contributed by atoms with E-state index in [1.807, 2.05) is 58.0 Å². The van der Waals surface area contributed by atoms with E-state index in [-0.39, 0.29) is 0 Å². The first-order chi connectivity index (χ1) is 15.8. The predicted molar refractivity (Wildman–Crippen MR) is 127 cm³/mol. The number of para-hydroxylation sites is 2. The van der Waals surface area contributed by atoms with Gasteiger partial charge in [-0.15, -0.1) is 5.10 Å². The highest BCUT2D eigenvalue weighted by Crippen LogP contribution is 2.30. The Morgan fingerprint density at radius 3 is 2.59 bits per heavy atom. The number of hydrogen-bond donors (Lipinski definition) is 0. The van der Waals surface area contributed by atoms with Crippen LogP contribution in [0.4, 0.5) is 5.69 Å². The summed E-state index contributed by atoms with van der Waals surface area (Å²) in [7, 11) is 0. The molecule has 6 heteroatoms. The molecule has 1 aliphatic heterocycles. The van der Waals surface area contributed by atoms with Gasteiger partial charge in [0.25, 0.3) is 0 Å². The molecule has 0 saturated carbocycles. The van der Waals surface area contributed by atoms with Crippen LogP contribution in [0.5, 0.6) is 0 Å². The minimum atomic E-state index is 0.816. The second-order valence-electron chi connectivity index (χ2n) is 7.85. The number of fused-ring (bicyclic) bond motifs is 2. The molecule has 0 spiro atoms. The average molecular weight is 416 g/mol. The molecule has 3 heterocycles. The molecule has 5 aromatic rings. The molecule has 6 rings (SSSR count). The van der Waals surface area contributed by atoms with Crippen molar-refractivity contribution in [1.29, 1.82) is 0 Å². The lowest BCUT2D eigenvalue weighted by atomic mass is 10.1. The molecule has 6 nitrogen and oxygen atoms in total. The zero-order valence-corrected chi connectivity index (χ0v) is 17.6. The van der Waals surface area contributed by atoms with E-state index in [2.05, 4.69) is 64.8 Å². The van der Waals surface area contributed by atoms with Gasteiger partial charge in [-0.1, -0.05) is 41.6 Å². The van der Waals surface area contributed by atoms with E-state index in [9.17, 15) is 0 Å². The summed E-state index contributed by atoms with van der Waals surface area (Å²) in [6.45, 7) is 2.08. The zero-order chi connectivity index (χ0) is 21.5. The van der Waals surface area contributed by atoms with Crippen LogP contribution in [0.15, 0.2) is 90.1 Å². The van der Waals surface area contributed by atoms with Crippen molar-refractivity contribution in [3.8, 4) is 11.4 Å². The van der Waals surface area contributed by atoms with Crippen LogP contribution in [0.2, 0.25) is 0 Å². The summed E-state index contributed by atoms with van der Waals surface area (Å²) in [4.78, 5) is 4.85. The van der Waals surface area contributed by atoms with E-state index in [0.29, 0.717) is 0 Å². The molecule has 0 aliphatic carbocycles. The number of nitrogens with zero attached hydrogens (tertiary/aromatic N) is 6. The van der Waals surface area contributed by atoms with E-state index >= 15 is 0 Å². The van der Waals surface area contributed by atoms with Gasteiger partial charge in [-0.2, -0.15) is 5.10 Å². The number of rotatable bonds is 4. The topological polar surface area (TPSA) is 60.9 Å². The number of benzene rings is 3. The monoisotopic (exact) mass is 416 g/mol. The maximum absolute atomic E-state index is 4.85. The average Bonchev–Trinajstić information content (AvgIpc) is 3.54. The molecule has 1 aliphatic rings. The number of aromatic nitrogens is 5. The molecule has 0 amide bonds. The lowest BCUT2D eigenvalue weighted by Gasteiger charge is -2.04. The minimum absolute atomic E-state index is 0.816. The molecule has 2 aromatic heterocycles. The Kier molecular flexibility index (Phi) is 4.28. The van der Waals surface area contributed by atoms with Crippen molar-refractivity contribution in [2.45, 2.75) is 13.3 Å². The summed E-state index contributed by atoms with van der Waals surface area (Å²) in [5.74, 6) is 0. The summed E-state index contributed by atoms with van der Waals surface area (Å²) in [6, 6.07) is 24.4. The lowest BCUT2D eigenvalue weighted by Crippen LogP contribution is -1.98. The van der Waals surface area contributed by atoms with Gasteiger partial charge in [0.05, 0.1) is 28.8 Å². The molecule has 0 bridgehead atoms. The second-order valence-corrected chi connectivity index (χ2v) is 7.85. The highest BCUT2D eigenvalue weighted by Gasteiger charge is 2.15. The molecule has 32 heavy (non-hydrogen) atoms. The van der Waals surface area contributed by atoms with Gasteiger partial charge in [0.15, 0.2) is 0 Å². The first-order valence-electron chi connectivity index (χ1n) is 10.6. The molecule has 0 fully saturated rings. The van der Waals surface area contributed by atoms with Gasteiger partial charge in [0.2, 0.25) is 0 Å². The van der Waals surface area contributed by atoms with Crippen molar-refractivity contribution >= 4 is 28.5 Å². The van der Waals surface area contributed by atoms with Crippen LogP contribution in [0, 0.1) is 6.92 Å². The predicted octanol–water partition coefficient (Wildman–Crippen LogP) is 5.26. The maximum Gasteiger partial charge on any atom is 0.113 e. The van der Waals surface area contributed by atoms with Crippen LogP contribution < -0.4 is 0 Å². The van der Waals surface area contributed by atoms with E-state index in [1.165, 1.54) is 5.56 Å². The summed E-state index contributed by atoms with van der Waals surface area (Å²) in [5.41, 5.74) is 9.31. The Labute approximate surface area is 185 Å². The van der Waals surface area contributed by atoms with Crippen LogP contribution >= 0.6 is 0 Å². The molecule has 0 unspecified atom stereocenters. The largest absolute Gasteiger partial charge is 0.253 e. The van der Waals surface area contributed by atoms with Crippen molar-refractivity contribution < 1.29 is 0 Å². The third-order valence-corrected chi connectivity index (χ3v) is 5.80. The third-order valence-electron chi connectivity index (χ3n) is 5.80. The van der Waals surface area contributed by atoms with E-state index in [1.54, 1.807) is 0 Å². The van der Waals surface area contributed by atoms with E-state index in [0.717, 1.165) is 51.5 Å². The summed E-state index contributed by atoms with van der Waals surface area (Å²) >= 11 is 0. The zero-order valence-electron chi connectivity index (χ0n) is 17.6. The smallest absolute Gasteiger partial charge is 0.113 e. The quantitative estimate of drug-likeness (QED) is 0.402. The molecule has 0 atom stereocenters. The molecule has 154 valence electrons. The normalized spacial score (nSPS) is 13.1. The molecular formula is C26H20N6. The van der Waals surface area contributed by atoms with Crippen molar-refractivity contribution in [2.24, 2.45) is 4.99 Å². The fourth-order valence-electron chi connectivity index (χ4n) is 4.08. The Hall–Kier alpha value is -4.32. The van der Waals surface area contributed by atoms with Gasteiger partial charge in [0, 0.05) is 23.4 Å². The molecule has 0 saturated heterocycles.